The molecule has 0 aliphatic heterocycles. The maximum Gasteiger partial charge on any atom is 0.120 e. The predicted octanol–water partition coefficient (Wildman–Crippen LogP) is 2.63. The molecule has 0 aliphatic carbocycles. The maximum atomic E-state index is 9.07. The Morgan fingerprint density at radius 3 is 2.81 bits per heavy atom. The Bertz CT molecular complexity index is 529. The molecule has 0 bridgehead atoms. The van der Waals surface area contributed by atoms with E-state index in [2.05, 4.69) is 11.1 Å². The molecule has 0 amide bonds. The smallest absolute Gasteiger partial charge is 0.120 e. The van der Waals surface area contributed by atoms with Gasteiger partial charge in [-0.3, -0.25) is 4.98 Å². The average Bonchev–Trinajstić information content (AvgIpc) is 2.39. The predicted molar refractivity (Wildman–Crippen MR) is 60.9 cm³/mol. The van der Waals surface area contributed by atoms with Crippen LogP contribution >= 0.6 is 0 Å². The summed E-state index contributed by atoms with van der Waals surface area (Å²) >= 11 is 0. The number of pyridine rings is 1. The second-order valence-electron chi connectivity index (χ2n) is 3.27. The SMILES string of the molecule is COc1ccc(-c2cccnc2)c(C#N)c1. The Morgan fingerprint density at radius 1 is 1.31 bits per heavy atom. The molecule has 1 heterocycles. The van der Waals surface area contributed by atoms with Gasteiger partial charge in [0.05, 0.1) is 18.7 Å². The number of aromatic nitrogens is 1. The van der Waals surface area contributed by atoms with Crippen LogP contribution in [0.15, 0.2) is 42.7 Å². The van der Waals surface area contributed by atoms with Crippen LogP contribution in [0.1, 0.15) is 5.56 Å². The van der Waals surface area contributed by atoms with Gasteiger partial charge < -0.3 is 4.74 Å². The van der Waals surface area contributed by atoms with E-state index in [1.165, 1.54) is 0 Å². The Kier molecular flexibility index (Phi) is 2.84. The lowest BCUT2D eigenvalue weighted by Crippen LogP contribution is -1.88. The first kappa shape index (κ1) is 10.2. The zero-order chi connectivity index (χ0) is 11.4. The summed E-state index contributed by atoms with van der Waals surface area (Å²) in [5.74, 6) is 0.684. The van der Waals surface area contributed by atoms with Crippen molar-refractivity contribution in [3.8, 4) is 22.9 Å². The van der Waals surface area contributed by atoms with E-state index in [0.717, 1.165) is 11.1 Å². The topological polar surface area (TPSA) is 45.9 Å². The molecule has 16 heavy (non-hydrogen) atoms. The van der Waals surface area contributed by atoms with Crippen molar-refractivity contribution in [3.05, 3.63) is 48.3 Å². The molecule has 0 fully saturated rings. The van der Waals surface area contributed by atoms with Gasteiger partial charge in [0, 0.05) is 23.5 Å². The van der Waals surface area contributed by atoms with Gasteiger partial charge in [0.25, 0.3) is 0 Å². The third kappa shape index (κ3) is 1.86. The van der Waals surface area contributed by atoms with Crippen molar-refractivity contribution in [2.24, 2.45) is 0 Å². The molecule has 0 radical (unpaired) electrons. The Balaban J connectivity index is 2.54. The normalized spacial score (nSPS) is 9.50. The highest BCUT2D eigenvalue weighted by Gasteiger charge is 2.05. The molecule has 0 saturated carbocycles. The summed E-state index contributed by atoms with van der Waals surface area (Å²) in [5.41, 5.74) is 2.39. The van der Waals surface area contributed by atoms with Gasteiger partial charge in [-0.1, -0.05) is 6.07 Å². The zero-order valence-electron chi connectivity index (χ0n) is 8.84. The van der Waals surface area contributed by atoms with Crippen LogP contribution in [0.3, 0.4) is 0 Å². The van der Waals surface area contributed by atoms with Gasteiger partial charge in [0.1, 0.15) is 5.75 Å². The molecule has 3 heteroatoms. The molecular formula is C13H10N2O. The van der Waals surface area contributed by atoms with E-state index in [9.17, 15) is 0 Å². The van der Waals surface area contributed by atoms with Crippen molar-refractivity contribution < 1.29 is 4.74 Å². The first-order valence-corrected chi connectivity index (χ1v) is 4.83. The molecule has 0 atom stereocenters. The van der Waals surface area contributed by atoms with Crippen LogP contribution in [0.4, 0.5) is 0 Å². The standard InChI is InChI=1S/C13H10N2O/c1-16-12-4-5-13(11(7-12)8-14)10-3-2-6-15-9-10/h2-7,9H,1H3. The zero-order valence-corrected chi connectivity index (χ0v) is 8.84. The lowest BCUT2D eigenvalue weighted by Gasteiger charge is -2.05. The lowest BCUT2D eigenvalue weighted by atomic mass is 10.0. The molecule has 1 aromatic heterocycles. The van der Waals surface area contributed by atoms with Crippen molar-refractivity contribution in [1.29, 1.82) is 5.26 Å². The van der Waals surface area contributed by atoms with E-state index in [1.807, 2.05) is 24.3 Å². The number of methoxy groups -OCH3 is 1. The number of nitrogens with zero attached hydrogens (tertiary/aromatic N) is 2. The van der Waals surface area contributed by atoms with E-state index in [0.29, 0.717) is 11.3 Å². The molecule has 78 valence electrons. The van der Waals surface area contributed by atoms with E-state index in [1.54, 1.807) is 25.6 Å². The van der Waals surface area contributed by atoms with Crippen LogP contribution in [0.5, 0.6) is 5.75 Å². The van der Waals surface area contributed by atoms with Crippen LogP contribution in [0.2, 0.25) is 0 Å². The minimum absolute atomic E-state index is 0.590. The third-order valence-corrected chi connectivity index (χ3v) is 2.32. The van der Waals surface area contributed by atoms with Gasteiger partial charge in [-0.05, 0) is 24.3 Å². The van der Waals surface area contributed by atoms with E-state index in [4.69, 9.17) is 10.00 Å². The summed E-state index contributed by atoms with van der Waals surface area (Å²) in [6.45, 7) is 0. The fraction of sp³-hybridized carbons (Fsp3) is 0.0769. The van der Waals surface area contributed by atoms with E-state index in [-0.39, 0.29) is 0 Å². The molecule has 0 N–H and O–H groups in total. The summed E-state index contributed by atoms with van der Waals surface area (Å²) < 4.78 is 5.08. The highest BCUT2D eigenvalue weighted by atomic mass is 16.5. The monoisotopic (exact) mass is 210 g/mol. The van der Waals surface area contributed by atoms with Gasteiger partial charge in [0.15, 0.2) is 0 Å². The third-order valence-electron chi connectivity index (χ3n) is 2.32. The number of hydrogen-bond acceptors (Lipinski definition) is 3. The van der Waals surface area contributed by atoms with Gasteiger partial charge in [-0.2, -0.15) is 5.26 Å². The molecule has 0 aliphatic rings. The first-order chi connectivity index (χ1) is 7.85. The minimum Gasteiger partial charge on any atom is -0.497 e. The second kappa shape index (κ2) is 4.45. The van der Waals surface area contributed by atoms with Crippen LogP contribution in [-0.2, 0) is 0 Å². The summed E-state index contributed by atoms with van der Waals surface area (Å²) in [5, 5.41) is 9.07. The molecule has 1 aromatic carbocycles. The molecule has 0 spiro atoms. The molecule has 2 rings (SSSR count). The van der Waals surface area contributed by atoms with Crippen molar-refractivity contribution in [2.45, 2.75) is 0 Å². The van der Waals surface area contributed by atoms with Crippen LogP contribution < -0.4 is 4.74 Å². The van der Waals surface area contributed by atoms with Gasteiger partial charge >= 0.3 is 0 Å². The number of hydrogen-bond donors (Lipinski definition) is 0. The molecule has 0 saturated heterocycles. The number of nitriles is 1. The summed E-state index contributed by atoms with van der Waals surface area (Å²) in [6, 6.07) is 11.4. The fourth-order valence-electron chi connectivity index (χ4n) is 1.52. The highest BCUT2D eigenvalue weighted by Crippen LogP contribution is 2.25. The summed E-state index contributed by atoms with van der Waals surface area (Å²) in [4.78, 5) is 4.04. The summed E-state index contributed by atoms with van der Waals surface area (Å²) in [6.07, 6.45) is 3.45. The number of ether oxygens (including phenoxy) is 1. The second-order valence-corrected chi connectivity index (χ2v) is 3.27. The summed E-state index contributed by atoms with van der Waals surface area (Å²) in [7, 11) is 1.58. The number of rotatable bonds is 2. The average molecular weight is 210 g/mol. The van der Waals surface area contributed by atoms with Crippen molar-refractivity contribution in [1.82, 2.24) is 4.98 Å². The van der Waals surface area contributed by atoms with Crippen molar-refractivity contribution in [2.75, 3.05) is 7.11 Å². The molecule has 3 nitrogen and oxygen atoms in total. The van der Waals surface area contributed by atoms with Crippen molar-refractivity contribution >= 4 is 0 Å². The van der Waals surface area contributed by atoms with Crippen LogP contribution in [0, 0.1) is 11.3 Å². The quantitative estimate of drug-likeness (QED) is 0.765. The fourth-order valence-corrected chi connectivity index (χ4v) is 1.52. The minimum atomic E-state index is 0.590. The Hall–Kier alpha value is -2.34. The Morgan fingerprint density at radius 2 is 2.19 bits per heavy atom. The molecular weight excluding hydrogens is 200 g/mol. The van der Waals surface area contributed by atoms with Crippen LogP contribution in [0.25, 0.3) is 11.1 Å². The highest BCUT2D eigenvalue weighted by molar-refractivity contribution is 5.70. The first-order valence-electron chi connectivity index (χ1n) is 4.83. The van der Waals surface area contributed by atoms with E-state index >= 15 is 0 Å². The maximum absolute atomic E-state index is 9.07. The Labute approximate surface area is 93.9 Å². The van der Waals surface area contributed by atoms with Gasteiger partial charge in [0.2, 0.25) is 0 Å². The van der Waals surface area contributed by atoms with Gasteiger partial charge in [-0.15, -0.1) is 0 Å². The lowest BCUT2D eigenvalue weighted by molar-refractivity contribution is 0.414. The van der Waals surface area contributed by atoms with E-state index < -0.39 is 0 Å². The van der Waals surface area contributed by atoms with Crippen molar-refractivity contribution in [3.63, 3.8) is 0 Å². The number of benzene rings is 1. The van der Waals surface area contributed by atoms with Gasteiger partial charge in [-0.25, -0.2) is 0 Å². The largest absolute Gasteiger partial charge is 0.497 e. The van der Waals surface area contributed by atoms with Crippen LogP contribution in [-0.4, -0.2) is 12.1 Å². The molecule has 0 unspecified atom stereocenters. The molecule has 2 aromatic rings.